The molecule has 3 aliphatic heterocycles. The topological polar surface area (TPSA) is 201 Å². The Morgan fingerprint density at radius 2 is 1.54 bits per heavy atom. The maximum Gasteiger partial charge on any atom is 0.253 e. The quantitative estimate of drug-likeness (QED) is 0.0446. The fourth-order valence-corrected chi connectivity index (χ4v) is 9.10. The number of dihydropyridines is 1. The van der Waals surface area contributed by atoms with Crippen molar-refractivity contribution in [2.75, 3.05) is 62.3 Å². The number of amides is 2. The van der Waals surface area contributed by atoms with Crippen LogP contribution in [0, 0.1) is 52.3 Å². The molecule has 0 unspecified atom stereocenters. The van der Waals surface area contributed by atoms with Gasteiger partial charge in [-0.15, -0.1) is 6.42 Å². The molecule has 3 N–H and O–H groups in total. The highest BCUT2D eigenvalue weighted by Crippen LogP contribution is 2.33. The van der Waals surface area contributed by atoms with Crippen molar-refractivity contribution in [3.05, 3.63) is 166 Å². The number of rotatable bonds is 13. The number of terminal acetylenes is 1. The maximum absolute atomic E-state index is 13.5. The van der Waals surface area contributed by atoms with Crippen molar-refractivity contribution in [1.82, 2.24) is 35.1 Å². The van der Waals surface area contributed by atoms with Gasteiger partial charge in [-0.3, -0.25) is 9.59 Å². The molecule has 4 aromatic heterocycles. The van der Waals surface area contributed by atoms with Crippen LogP contribution in [0.25, 0.3) is 22.2 Å². The van der Waals surface area contributed by atoms with Crippen molar-refractivity contribution in [1.29, 1.82) is 15.9 Å². The van der Waals surface area contributed by atoms with E-state index in [1.54, 1.807) is 65.7 Å². The number of hydrogen-bond acceptors (Lipinski definition) is 13. The third kappa shape index (κ3) is 11.0. The largest absolute Gasteiger partial charge is 0.492 e. The lowest BCUT2D eigenvalue weighted by molar-refractivity contribution is 0.0746. The van der Waals surface area contributed by atoms with Crippen molar-refractivity contribution in [3.8, 4) is 53.2 Å². The molecule has 0 atom stereocenters. The third-order valence-electron chi connectivity index (χ3n) is 13.3. The minimum atomic E-state index is -0.399. The maximum atomic E-state index is 13.5. The number of anilines is 2. The smallest absolute Gasteiger partial charge is 0.253 e. The lowest BCUT2D eigenvalue weighted by atomic mass is 9.89. The highest BCUT2D eigenvalue weighted by Gasteiger charge is 2.32. The Kier molecular flexibility index (Phi) is 14.8. The number of carbonyl (C=O) groups is 2. The van der Waals surface area contributed by atoms with Gasteiger partial charge in [0.15, 0.2) is 0 Å². The van der Waals surface area contributed by atoms with Crippen molar-refractivity contribution < 1.29 is 19.1 Å². The Balaban J connectivity index is 0.749. The van der Waals surface area contributed by atoms with Gasteiger partial charge in [-0.1, -0.05) is 17.8 Å². The van der Waals surface area contributed by atoms with Gasteiger partial charge >= 0.3 is 0 Å². The van der Waals surface area contributed by atoms with Gasteiger partial charge in [0.1, 0.15) is 35.3 Å². The number of aromatic nitrogens is 4. The molecule has 2 amide bonds. The summed E-state index contributed by atoms with van der Waals surface area (Å²) in [5.74, 6) is 11.5. The first-order valence-electron chi connectivity index (χ1n) is 24.3. The molecule has 6 aromatic rings. The Morgan fingerprint density at radius 3 is 2.18 bits per heavy atom. The first-order chi connectivity index (χ1) is 36.1. The zero-order chi connectivity index (χ0) is 51.6. The fourth-order valence-electron chi connectivity index (χ4n) is 9.10. The Bertz CT molecular complexity index is 3380. The average molecular weight is 981 g/mol. The van der Waals surface area contributed by atoms with Crippen molar-refractivity contribution >= 4 is 40.8 Å². The first-order valence-corrected chi connectivity index (χ1v) is 24.3. The second-order valence-electron chi connectivity index (χ2n) is 18.1. The monoisotopic (exact) mass is 980 g/mol. The zero-order valence-electron chi connectivity index (χ0n) is 41.1. The number of piperidine rings is 1. The molecule has 0 bridgehead atoms. The molecule has 9 rings (SSSR count). The molecule has 3 aliphatic rings. The van der Waals surface area contributed by atoms with Gasteiger partial charge in [-0.25, -0.2) is 14.5 Å². The minimum absolute atomic E-state index is 0.0333. The van der Waals surface area contributed by atoms with Crippen molar-refractivity contribution in [2.24, 2.45) is 0 Å². The summed E-state index contributed by atoms with van der Waals surface area (Å²) in [5, 5.41) is 38.2. The number of carbonyl (C=O) groups excluding carboxylic acids is 2. The summed E-state index contributed by atoms with van der Waals surface area (Å²) in [5.41, 5.74) is 7.10. The lowest BCUT2D eigenvalue weighted by Gasteiger charge is -2.40. The molecule has 16 heteroatoms. The molecular formula is C58H52N12O4. The van der Waals surface area contributed by atoms with E-state index in [4.69, 9.17) is 31.3 Å². The molecule has 2 saturated heterocycles. The van der Waals surface area contributed by atoms with Gasteiger partial charge in [0.2, 0.25) is 0 Å². The number of nitriles is 2. The number of benzene rings is 2. The van der Waals surface area contributed by atoms with E-state index in [2.05, 4.69) is 62.4 Å². The summed E-state index contributed by atoms with van der Waals surface area (Å²) in [6.45, 7) is 8.55. The van der Waals surface area contributed by atoms with E-state index in [1.165, 1.54) is 0 Å². The molecule has 16 nitrogen and oxygen atoms in total. The van der Waals surface area contributed by atoms with Crippen molar-refractivity contribution in [2.45, 2.75) is 38.6 Å². The predicted molar refractivity (Wildman–Crippen MR) is 283 cm³/mol. The van der Waals surface area contributed by atoms with Crippen LogP contribution in [0.4, 0.5) is 11.6 Å². The normalized spacial score (nSPS) is 15.6. The van der Waals surface area contributed by atoms with Gasteiger partial charge in [0.25, 0.3) is 11.8 Å². The van der Waals surface area contributed by atoms with E-state index in [0.717, 1.165) is 58.5 Å². The molecule has 74 heavy (non-hydrogen) atoms. The van der Waals surface area contributed by atoms with Crippen LogP contribution < -0.4 is 25.2 Å². The van der Waals surface area contributed by atoms with E-state index in [1.807, 2.05) is 66.6 Å². The number of pyridine rings is 3. The molecule has 368 valence electrons. The predicted octanol–water partition coefficient (Wildman–Crippen LogP) is 7.51. The molecule has 0 aliphatic carbocycles. The van der Waals surface area contributed by atoms with E-state index in [-0.39, 0.29) is 17.4 Å². The third-order valence-corrected chi connectivity index (χ3v) is 13.3. The SMILES string of the molecule is C#Cc1ccc(C(=O)N2CCN(c3ccc(C4=CC(OCCC#Cc5ccc(C(=O)NC6(C)CCN(c7ccc(-c8cc(OCC)cn9ncc(C#N)c89)cn7)CC6)cc5)=CN/C4=C(/C#N)C=N)cn3)CC2)cc1. The standard InChI is InChI=1S/C58H52N12O4/c1-4-40-9-15-43(16-10-40)57(72)69-27-25-68(26-28-69)53-19-17-44(35-62-53)50-30-48(38-64-54(50)46(32-59)33-60)74-29-7-6-8-41-11-13-42(14-12-41)56(71)66-58(3)21-23-67(24-22-58)52-20-18-45(36-63-52)51-31-49(73-5-2)39-70-55(51)47(34-61)37-65-70/h1,9-20,30-32,35-39,59,64H,5,7,21-29H2,2-3H3,(H,66,71)/b54-46+,59-32?. The summed E-state index contributed by atoms with van der Waals surface area (Å²) in [7, 11) is 0. The number of fused-ring (bicyclic) bond motifs is 1. The molecule has 0 spiro atoms. The minimum Gasteiger partial charge on any atom is -0.492 e. The van der Waals surface area contributed by atoms with E-state index >= 15 is 0 Å². The van der Waals surface area contributed by atoms with E-state index in [0.29, 0.717) is 104 Å². The van der Waals surface area contributed by atoms with Crippen LogP contribution in [-0.2, 0) is 4.74 Å². The Hall–Kier alpha value is -9.64. The van der Waals surface area contributed by atoms with Crippen LogP contribution in [0.5, 0.6) is 5.75 Å². The van der Waals surface area contributed by atoms with Crippen LogP contribution in [0.1, 0.15) is 76.1 Å². The van der Waals surface area contributed by atoms with E-state index < -0.39 is 5.54 Å². The van der Waals surface area contributed by atoms with Gasteiger partial charge in [-0.2, -0.15) is 15.6 Å². The van der Waals surface area contributed by atoms with Crippen LogP contribution in [0.15, 0.2) is 133 Å². The van der Waals surface area contributed by atoms with E-state index in [9.17, 15) is 20.1 Å². The number of nitrogens with one attached hydrogen (secondary N) is 3. The summed E-state index contributed by atoms with van der Waals surface area (Å²) in [6.07, 6.45) is 18.7. The lowest BCUT2D eigenvalue weighted by Crippen LogP contribution is -2.53. The summed E-state index contributed by atoms with van der Waals surface area (Å²) >= 11 is 0. The number of allylic oxidation sites excluding steroid dienone is 3. The Labute approximate surface area is 429 Å². The fraction of sp³-hybridized carbons (Fsp3) is 0.241. The van der Waals surface area contributed by atoms with Crippen LogP contribution >= 0.6 is 0 Å². The zero-order valence-corrected chi connectivity index (χ0v) is 41.1. The molecule has 7 heterocycles. The number of piperazine rings is 1. The summed E-state index contributed by atoms with van der Waals surface area (Å²) in [6, 6.07) is 28.4. The molecule has 0 saturated carbocycles. The molecular weight excluding hydrogens is 929 g/mol. The highest BCUT2D eigenvalue weighted by atomic mass is 16.5. The van der Waals surface area contributed by atoms with Gasteiger partial charge in [0.05, 0.1) is 48.0 Å². The summed E-state index contributed by atoms with van der Waals surface area (Å²) in [4.78, 5) is 42.3. The van der Waals surface area contributed by atoms with Gasteiger partial charge < -0.3 is 40.2 Å². The number of nitrogens with zero attached hydrogens (tertiary/aromatic N) is 9. The van der Waals surface area contributed by atoms with Crippen LogP contribution in [0.2, 0.25) is 0 Å². The Morgan fingerprint density at radius 1 is 0.865 bits per heavy atom. The molecule has 2 aromatic carbocycles. The first kappa shape index (κ1) is 49.3. The van der Waals surface area contributed by atoms with Crippen LogP contribution in [-0.4, -0.2) is 101 Å². The van der Waals surface area contributed by atoms with Gasteiger partial charge in [0, 0.05) is 121 Å². The number of ether oxygens (including phenoxy) is 2. The second kappa shape index (κ2) is 22.2. The van der Waals surface area contributed by atoms with Gasteiger partial charge in [-0.05, 0) is 112 Å². The average Bonchev–Trinajstić information content (AvgIpc) is 3.87. The highest BCUT2D eigenvalue weighted by molar-refractivity contribution is 5.96. The molecule has 0 radical (unpaired) electrons. The molecule has 2 fully saturated rings. The van der Waals surface area contributed by atoms with Crippen LogP contribution in [0.3, 0.4) is 0 Å². The second-order valence-corrected chi connectivity index (χ2v) is 18.1. The summed E-state index contributed by atoms with van der Waals surface area (Å²) < 4.78 is 13.5. The van der Waals surface area contributed by atoms with Crippen molar-refractivity contribution in [3.63, 3.8) is 0 Å². The number of hydrogen-bond donors (Lipinski definition) is 3.